The molecule has 2 rings (SSSR count). The first-order chi connectivity index (χ1) is 7.42. The highest BCUT2D eigenvalue weighted by atomic mass is 16.1. The first-order valence-electron chi connectivity index (χ1n) is 5.14. The number of aliphatic imine (C=N–C) groups is 1. The zero-order valence-corrected chi connectivity index (χ0v) is 8.52. The summed E-state index contributed by atoms with van der Waals surface area (Å²) in [6.45, 7) is 2.48. The van der Waals surface area contributed by atoms with Gasteiger partial charge in [0.2, 0.25) is 6.08 Å². The average molecular weight is 203 g/mol. The molecular formula is C11H13N3O. The Morgan fingerprint density at radius 2 is 2.27 bits per heavy atom. The molecule has 1 aromatic rings. The maximum absolute atomic E-state index is 10.1. The van der Waals surface area contributed by atoms with E-state index in [9.17, 15) is 4.79 Å². The number of hydrogen-bond acceptors (Lipinski definition) is 4. The lowest BCUT2D eigenvalue weighted by molar-refractivity contribution is 0.562. The number of pyridine rings is 1. The Hall–Kier alpha value is -1.67. The molecule has 0 bridgehead atoms. The molecule has 0 amide bonds. The number of carbonyl (C=O) groups excluding carboxylic acids is 1. The normalized spacial score (nSPS) is 15.1. The van der Waals surface area contributed by atoms with E-state index >= 15 is 0 Å². The molecule has 4 nitrogen and oxygen atoms in total. The van der Waals surface area contributed by atoms with Crippen LogP contribution in [0.25, 0.3) is 0 Å². The third kappa shape index (κ3) is 2.22. The Labute approximate surface area is 88.7 Å². The smallest absolute Gasteiger partial charge is 0.235 e. The van der Waals surface area contributed by atoms with Crippen LogP contribution in [-0.2, 0) is 11.3 Å². The van der Waals surface area contributed by atoms with Crippen LogP contribution < -0.4 is 4.90 Å². The summed E-state index contributed by atoms with van der Waals surface area (Å²) in [6, 6.07) is 3.83. The van der Waals surface area contributed by atoms with Crippen LogP contribution in [0.3, 0.4) is 0 Å². The van der Waals surface area contributed by atoms with E-state index in [1.807, 2.05) is 12.1 Å². The topological polar surface area (TPSA) is 45.6 Å². The molecule has 0 N–H and O–H groups in total. The first kappa shape index (κ1) is 9.87. The number of hydrogen-bond donors (Lipinski definition) is 0. The number of aromatic nitrogens is 1. The number of nitrogens with zero attached hydrogens (tertiary/aromatic N) is 3. The molecule has 1 aliphatic rings. The van der Waals surface area contributed by atoms with Crippen LogP contribution in [0.15, 0.2) is 23.3 Å². The van der Waals surface area contributed by atoms with E-state index in [1.165, 1.54) is 12.8 Å². The predicted octanol–water partition coefficient (Wildman–Crippen LogP) is 1.52. The Balaban J connectivity index is 2.23. The summed E-state index contributed by atoms with van der Waals surface area (Å²) >= 11 is 0. The lowest BCUT2D eigenvalue weighted by Crippen LogP contribution is -2.20. The molecule has 15 heavy (non-hydrogen) atoms. The summed E-state index contributed by atoms with van der Waals surface area (Å²) in [5.41, 5.74) is 1.00. The van der Waals surface area contributed by atoms with E-state index < -0.39 is 0 Å². The third-order valence-corrected chi connectivity index (χ3v) is 2.59. The second kappa shape index (κ2) is 4.71. The first-order valence-corrected chi connectivity index (χ1v) is 5.14. The van der Waals surface area contributed by atoms with E-state index in [0.29, 0.717) is 6.54 Å². The molecule has 0 atom stereocenters. The van der Waals surface area contributed by atoms with Crippen LogP contribution in [0.2, 0.25) is 0 Å². The zero-order valence-electron chi connectivity index (χ0n) is 8.52. The largest absolute Gasteiger partial charge is 0.356 e. The molecule has 0 spiro atoms. The molecule has 0 aromatic carbocycles. The average Bonchev–Trinajstić information content (AvgIpc) is 2.80. The summed E-state index contributed by atoms with van der Waals surface area (Å²) in [6.07, 6.45) is 5.77. The summed E-state index contributed by atoms with van der Waals surface area (Å²) in [4.78, 5) is 20.3. The van der Waals surface area contributed by atoms with Crippen molar-refractivity contribution >= 4 is 11.9 Å². The highest BCUT2D eigenvalue weighted by molar-refractivity contribution is 5.48. The van der Waals surface area contributed by atoms with Gasteiger partial charge in [-0.1, -0.05) is 6.07 Å². The van der Waals surface area contributed by atoms with Gasteiger partial charge in [0, 0.05) is 24.8 Å². The molecule has 0 saturated carbocycles. The maximum Gasteiger partial charge on any atom is 0.235 e. The minimum absolute atomic E-state index is 0.378. The van der Waals surface area contributed by atoms with Gasteiger partial charge in [0.05, 0.1) is 6.54 Å². The van der Waals surface area contributed by atoms with Gasteiger partial charge in [0.1, 0.15) is 5.82 Å². The van der Waals surface area contributed by atoms with E-state index in [0.717, 1.165) is 24.5 Å². The molecule has 1 fully saturated rings. The van der Waals surface area contributed by atoms with Gasteiger partial charge in [-0.3, -0.25) is 0 Å². The van der Waals surface area contributed by atoms with Crippen molar-refractivity contribution < 1.29 is 4.79 Å². The summed E-state index contributed by atoms with van der Waals surface area (Å²) in [7, 11) is 0. The molecular weight excluding hydrogens is 190 g/mol. The number of isocyanates is 1. The molecule has 1 aliphatic heterocycles. The van der Waals surface area contributed by atoms with Crippen molar-refractivity contribution in [1.82, 2.24) is 4.98 Å². The van der Waals surface area contributed by atoms with Gasteiger partial charge in [0.15, 0.2) is 0 Å². The van der Waals surface area contributed by atoms with Gasteiger partial charge in [-0.25, -0.2) is 14.8 Å². The summed E-state index contributed by atoms with van der Waals surface area (Å²) < 4.78 is 0. The van der Waals surface area contributed by atoms with Gasteiger partial charge >= 0.3 is 0 Å². The molecule has 0 unspecified atom stereocenters. The van der Waals surface area contributed by atoms with Gasteiger partial charge in [0.25, 0.3) is 0 Å². The van der Waals surface area contributed by atoms with E-state index in [4.69, 9.17) is 0 Å². The molecule has 1 aromatic heterocycles. The van der Waals surface area contributed by atoms with Crippen molar-refractivity contribution in [2.75, 3.05) is 18.0 Å². The lowest BCUT2D eigenvalue weighted by atomic mass is 10.2. The molecule has 2 heterocycles. The SMILES string of the molecule is O=C=NCc1cccnc1N1CCCC1. The van der Waals surface area contributed by atoms with Crippen LogP contribution >= 0.6 is 0 Å². The Morgan fingerprint density at radius 1 is 1.47 bits per heavy atom. The second-order valence-corrected chi connectivity index (χ2v) is 3.59. The third-order valence-electron chi connectivity index (χ3n) is 2.59. The van der Waals surface area contributed by atoms with Gasteiger partial charge in [-0.05, 0) is 18.9 Å². The van der Waals surface area contributed by atoms with E-state index in [1.54, 1.807) is 12.3 Å². The molecule has 78 valence electrons. The fourth-order valence-corrected chi connectivity index (χ4v) is 1.88. The van der Waals surface area contributed by atoms with Crippen LogP contribution in [0.4, 0.5) is 5.82 Å². The summed E-state index contributed by atoms with van der Waals surface area (Å²) in [5, 5.41) is 0. The van der Waals surface area contributed by atoms with E-state index in [2.05, 4.69) is 14.9 Å². The lowest BCUT2D eigenvalue weighted by Gasteiger charge is -2.18. The Bertz CT molecular complexity index is 379. The number of anilines is 1. The second-order valence-electron chi connectivity index (χ2n) is 3.59. The minimum atomic E-state index is 0.378. The van der Waals surface area contributed by atoms with Crippen molar-refractivity contribution in [2.24, 2.45) is 4.99 Å². The van der Waals surface area contributed by atoms with Gasteiger partial charge in [-0.15, -0.1) is 0 Å². The molecule has 1 saturated heterocycles. The molecule has 4 heteroatoms. The van der Waals surface area contributed by atoms with Crippen LogP contribution in [-0.4, -0.2) is 24.2 Å². The highest BCUT2D eigenvalue weighted by Gasteiger charge is 2.16. The summed E-state index contributed by atoms with van der Waals surface area (Å²) in [5.74, 6) is 0.967. The zero-order chi connectivity index (χ0) is 10.5. The Morgan fingerprint density at radius 3 is 3.00 bits per heavy atom. The van der Waals surface area contributed by atoms with Crippen molar-refractivity contribution in [3.8, 4) is 0 Å². The standard InChI is InChI=1S/C11H13N3O/c15-9-12-8-10-4-3-5-13-11(10)14-6-1-2-7-14/h3-5H,1-2,6-8H2. The quantitative estimate of drug-likeness (QED) is 0.552. The van der Waals surface area contributed by atoms with Gasteiger partial charge < -0.3 is 4.90 Å². The fourth-order valence-electron chi connectivity index (χ4n) is 1.88. The van der Waals surface area contributed by atoms with Crippen LogP contribution in [0, 0.1) is 0 Å². The maximum atomic E-state index is 10.1. The predicted molar refractivity (Wildman–Crippen MR) is 57.5 cm³/mol. The fraction of sp³-hybridized carbons (Fsp3) is 0.455. The number of rotatable bonds is 3. The highest BCUT2D eigenvalue weighted by Crippen LogP contribution is 2.22. The van der Waals surface area contributed by atoms with Crippen LogP contribution in [0.5, 0.6) is 0 Å². The van der Waals surface area contributed by atoms with E-state index in [-0.39, 0.29) is 0 Å². The molecule has 0 aliphatic carbocycles. The molecule has 0 radical (unpaired) electrons. The van der Waals surface area contributed by atoms with Crippen molar-refractivity contribution in [1.29, 1.82) is 0 Å². The van der Waals surface area contributed by atoms with Crippen molar-refractivity contribution in [3.05, 3.63) is 23.9 Å². The Kier molecular flexibility index (Phi) is 3.10. The van der Waals surface area contributed by atoms with Crippen molar-refractivity contribution in [3.63, 3.8) is 0 Å². The monoisotopic (exact) mass is 203 g/mol. The minimum Gasteiger partial charge on any atom is -0.356 e. The van der Waals surface area contributed by atoms with Crippen LogP contribution in [0.1, 0.15) is 18.4 Å². The van der Waals surface area contributed by atoms with Crippen molar-refractivity contribution in [2.45, 2.75) is 19.4 Å². The van der Waals surface area contributed by atoms with Gasteiger partial charge in [-0.2, -0.15) is 0 Å².